The Morgan fingerprint density at radius 3 is 2.58 bits per heavy atom. The molecule has 0 saturated heterocycles. The number of hydrogen-bond donors (Lipinski definition) is 1. The van der Waals surface area contributed by atoms with Gasteiger partial charge in [-0.3, -0.25) is 0 Å². The molecule has 12 heavy (non-hydrogen) atoms. The molecule has 0 aromatic rings. The van der Waals surface area contributed by atoms with Crippen LogP contribution < -0.4 is 0 Å². The van der Waals surface area contributed by atoms with Gasteiger partial charge in [0.15, 0.2) is 0 Å². The van der Waals surface area contributed by atoms with Crippen LogP contribution in [-0.4, -0.2) is 11.2 Å². The summed E-state index contributed by atoms with van der Waals surface area (Å²) >= 11 is 0. The highest BCUT2D eigenvalue weighted by Gasteiger charge is 2.14. The first-order valence-electron chi connectivity index (χ1n) is 4.78. The van der Waals surface area contributed by atoms with Crippen LogP contribution in [0.25, 0.3) is 0 Å². The van der Waals surface area contributed by atoms with E-state index < -0.39 is 0 Å². The molecule has 1 nitrogen and oxygen atoms in total. The van der Waals surface area contributed by atoms with Gasteiger partial charge < -0.3 is 5.11 Å². The maximum atomic E-state index is 9.61. The van der Waals surface area contributed by atoms with E-state index in [-0.39, 0.29) is 6.10 Å². The lowest BCUT2D eigenvalue weighted by atomic mass is 9.92. The van der Waals surface area contributed by atoms with Crippen molar-refractivity contribution in [3.8, 4) is 0 Å². The van der Waals surface area contributed by atoms with Gasteiger partial charge in [-0.15, -0.1) is 5.73 Å². The van der Waals surface area contributed by atoms with E-state index in [0.29, 0.717) is 5.92 Å². The van der Waals surface area contributed by atoms with Crippen LogP contribution in [0.1, 0.15) is 39.5 Å². The van der Waals surface area contributed by atoms with Crippen molar-refractivity contribution in [1.29, 1.82) is 0 Å². The predicted molar refractivity (Wildman–Crippen MR) is 53.0 cm³/mol. The van der Waals surface area contributed by atoms with Crippen molar-refractivity contribution in [2.24, 2.45) is 5.92 Å². The lowest BCUT2D eigenvalue weighted by molar-refractivity contribution is 0.0994. The van der Waals surface area contributed by atoms with Gasteiger partial charge in [-0.25, -0.2) is 0 Å². The van der Waals surface area contributed by atoms with Crippen LogP contribution in [0.3, 0.4) is 0 Å². The zero-order valence-corrected chi connectivity index (χ0v) is 8.21. The fourth-order valence-electron chi connectivity index (χ4n) is 1.41. The van der Waals surface area contributed by atoms with Crippen LogP contribution in [0, 0.1) is 5.92 Å². The molecule has 0 aromatic heterocycles. The molecule has 0 spiro atoms. The fraction of sp³-hybridized carbons (Fsp3) is 0.727. The van der Waals surface area contributed by atoms with Gasteiger partial charge in [0, 0.05) is 0 Å². The van der Waals surface area contributed by atoms with Gasteiger partial charge in [-0.05, 0) is 31.3 Å². The van der Waals surface area contributed by atoms with E-state index in [0.717, 1.165) is 25.7 Å². The highest BCUT2D eigenvalue weighted by molar-refractivity contribution is 4.81. The molecule has 0 amide bonds. The second kappa shape index (κ2) is 7.15. The quantitative estimate of drug-likeness (QED) is 0.605. The van der Waals surface area contributed by atoms with Crippen LogP contribution in [0.4, 0.5) is 0 Å². The molecule has 2 unspecified atom stereocenters. The number of aliphatic hydroxyl groups is 1. The SMILES string of the molecule is C=C=CCC(CCC)C(O)CC. The Morgan fingerprint density at radius 2 is 2.17 bits per heavy atom. The summed E-state index contributed by atoms with van der Waals surface area (Å²) in [7, 11) is 0. The van der Waals surface area contributed by atoms with Crippen molar-refractivity contribution in [1.82, 2.24) is 0 Å². The van der Waals surface area contributed by atoms with E-state index in [1.165, 1.54) is 0 Å². The van der Waals surface area contributed by atoms with Crippen LogP contribution in [0.2, 0.25) is 0 Å². The van der Waals surface area contributed by atoms with E-state index in [2.05, 4.69) is 19.2 Å². The molecule has 0 aliphatic heterocycles. The second-order valence-electron chi connectivity index (χ2n) is 3.17. The summed E-state index contributed by atoms with van der Waals surface area (Å²) in [6, 6.07) is 0. The highest BCUT2D eigenvalue weighted by atomic mass is 16.3. The van der Waals surface area contributed by atoms with E-state index in [9.17, 15) is 5.11 Å². The number of rotatable bonds is 6. The van der Waals surface area contributed by atoms with Crippen molar-refractivity contribution in [3.63, 3.8) is 0 Å². The standard InChI is InChI=1S/C11H20O/c1-4-7-9-10(8-5-2)11(12)6-3/h7,10-12H,1,5-6,8-9H2,2-3H3. The summed E-state index contributed by atoms with van der Waals surface area (Å²) in [6.45, 7) is 7.68. The average Bonchev–Trinajstić information content (AvgIpc) is 2.11. The minimum Gasteiger partial charge on any atom is -0.393 e. The molecule has 0 aromatic carbocycles. The first-order valence-corrected chi connectivity index (χ1v) is 4.78. The largest absolute Gasteiger partial charge is 0.393 e. The number of aliphatic hydroxyl groups excluding tert-OH is 1. The molecule has 0 saturated carbocycles. The first-order chi connectivity index (χ1) is 5.76. The third-order valence-corrected chi connectivity index (χ3v) is 2.19. The maximum Gasteiger partial charge on any atom is 0.0569 e. The van der Waals surface area contributed by atoms with Gasteiger partial charge in [0.2, 0.25) is 0 Å². The highest BCUT2D eigenvalue weighted by Crippen LogP contribution is 2.18. The van der Waals surface area contributed by atoms with E-state index in [1.54, 1.807) is 0 Å². The molecule has 0 aliphatic rings. The van der Waals surface area contributed by atoms with Crippen molar-refractivity contribution in [2.75, 3.05) is 0 Å². The van der Waals surface area contributed by atoms with Crippen LogP contribution in [0.15, 0.2) is 18.4 Å². The lowest BCUT2D eigenvalue weighted by Gasteiger charge is -2.19. The Morgan fingerprint density at radius 1 is 1.50 bits per heavy atom. The van der Waals surface area contributed by atoms with Gasteiger partial charge in [0.05, 0.1) is 6.10 Å². The van der Waals surface area contributed by atoms with Gasteiger partial charge in [0.1, 0.15) is 0 Å². The van der Waals surface area contributed by atoms with E-state index >= 15 is 0 Å². The fourth-order valence-corrected chi connectivity index (χ4v) is 1.41. The minimum atomic E-state index is -0.158. The number of allylic oxidation sites excluding steroid dienone is 1. The molecule has 1 N–H and O–H groups in total. The molecule has 0 fully saturated rings. The smallest absolute Gasteiger partial charge is 0.0569 e. The molecule has 70 valence electrons. The molecular formula is C11H20O. The molecule has 0 radical (unpaired) electrons. The van der Waals surface area contributed by atoms with Gasteiger partial charge >= 0.3 is 0 Å². The Bertz CT molecular complexity index is 145. The molecule has 0 bridgehead atoms. The zero-order chi connectivity index (χ0) is 9.40. The Balaban J connectivity index is 3.92. The minimum absolute atomic E-state index is 0.158. The average molecular weight is 168 g/mol. The van der Waals surface area contributed by atoms with Gasteiger partial charge in [-0.1, -0.05) is 26.8 Å². The summed E-state index contributed by atoms with van der Waals surface area (Å²) in [5.41, 5.74) is 2.75. The Labute approximate surface area is 75.8 Å². The predicted octanol–water partition coefficient (Wildman–Crippen LogP) is 2.90. The first kappa shape index (κ1) is 11.5. The third kappa shape index (κ3) is 4.38. The van der Waals surface area contributed by atoms with E-state index in [1.807, 2.05) is 13.0 Å². The van der Waals surface area contributed by atoms with Crippen molar-refractivity contribution >= 4 is 0 Å². The topological polar surface area (TPSA) is 20.2 Å². The van der Waals surface area contributed by atoms with Gasteiger partial charge in [0.25, 0.3) is 0 Å². The summed E-state index contributed by atoms with van der Waals surface area (Å²) in [5.74, 6) is 0.397. The molecule has 0 heterocycles. The number of hydrogen-bond acceptors (Lipinski definition) is 1. The monoisotopic (exact) mass is 168 g/mol. The summed E-state index contributed by atoms with van der Waals surface area (Å²) < 4.78 is 0. The molecule has 2 atom stereocenters. The summed E-state index contributed by atoms with van der Waals surface area (Å²) in [6.07, 6.45) is 5.73. The maximum absolute atomic E-state index is 9.61. The second-order valence-corrected chi connectivity index (χ2v) is 3.17. The Hall–Kier alpha value is -0.520. The third-order valence-electron chi connectivity index (χ3n) is 2.19. The van der Waals surface area contributed by atoms with Crippen LogP contribution in [-0.2, 0) is 0 Å². The Kier molecular flexibility index (Phi) is 6.84. The van der Waals surface area contributed by atoms with Crippen LogP contribution in [0.5, 0.6) is 0 Å². The summed E-state index contributed by atoms with van der Waals surface area (Å²) in [5, 5.41) is 9.61. The van der Waals surface area contributed by atoms with Crippen molar-refractivity contribution in [2.45, 2.75) is 45.6 Å². The van der Waals surface area contributed by atoms with Gasteiger partial charge in [-0.2, -0.15) is 0 Å². The molecule has 0 rings (SSSR count). The molecular weight excluding hydrogens is 148 g/mol. The molecule has 0 aliphatic carbocycles. The molecule has 1 heteroatoms. The lowest BCUT2D eigenvalue weighted by Crippen LogP contribution is -2.18. The summed E-state index contributed by atoms with van der Waals surface area (Å²) in [4.78, 5) is 0. The zero-order valence-electron chi connectivity index (χ0n) is 8.21. The van der Waals surface area contributed by atoms with Crippen molar-refractivity contribution < 1.29 is 5.11 Å². The normalized spacial score (nSPS) is 14.9. The van der Waals surface area contributed by atoms with Crippen LogP contribution >= 0.6 is 0 Å². The van der Waals surface area contributed by atoms with Crippen molar-refractivity contribution in [3.05, 3.63) is 18.4 Å². The van der Waals surface area contributed by atoms with E-state index in [4.69, 9.17) is 0 Å².